The molecule has 0 amide bonds. The number of nitrogens with one attached hydrogen (secondary N) is 2. The number of methoxy groups -OCH3 is 1. The topological polar surface area (TPSA) is 48.9 Å². The predicted octanol–water partition coefficient (Wildman–Crippen LogP) is 3.01. The van der Waals surface area contributed by atoms with Crippen LogP contribution in [0.2, 0.25) is 0 Å². The Bertz CT molecular complexity index is 404. The monoisotopic (exact) mass is 352 g/mol. The lowest BCUT2D eigenvalue weighted by molar-refractivity contribution is 0.0204. The fraction of sp³-hybridized carbons (Fsp3) is 0.950. The van der Waals surface area contributed by atoms with Gasteiger partial charge in [0.15, 0.2) is 5.96 Å². The second-order valence-electron chi connectivity index (χ2n) is 8.79. The van der Waals surface area contributed by atoms with E-state index in [1.807, 2.05) is 7.05 Å². The molecule has 1 unspecified atom stereocenters. The molecule has 0 radical (unpaired) electrons. The maximum Gasteiger partial charge on any atom is 0.191 e. The van der Waals surface area contributed by atoms with E-state index >= 15 is 0 Å². The summed E-state index contributed by atoms with van der Waals surface area (Å²) in [6.45, 7) is 9.85. The number of rotatable bonds is 5. The summed E-state index contributed by atoms with van der Waals surface area (Å²) in [5.41, 5.74) is 0.117. The molecular weight excluding hydrogens is 312 g/mol. The number of piperidine rings is 1. The van der Waals surface area contributed by atoms with E-state index < -0.39 is 0 Å². The van der Waals surface area contributed by atoms with Gasteiger partial charge in [-0.3, -0.25) is 4.99 Å². The average molecular weight is 353 g/mol. The first kappa shape index (κ1) is 20.5. The lowest BCUT2D eigenvalue weighted by Crippen LogP contribution is -2.52. The summed E-state index contributed by atoms with van der Waals surface area (Å²) in [4.78, 5) is 7.13. The molecule has 0 aromatic carbocycles. The summed E-state index contributed by atoms with van der Waals surface area (Å²) in [6.07, 6.45) is 9.70. The third kappa shape index (κ3) is 6.45. The van der Waals surface area contributed by atoms with Gasteiger partial charge in [-0.1, -0.05) is 40.0 Å². The predicted molar refractivity (Wildman–Crippen MR) is 106 cm³/mol. The second-order valence-corrected chi connectivity index (χ2v) is 8.79. The highest BCUT2D eigenvalue weighted by molar-refractivity contribution is 5.80. The van der Waals surface area contributed by atoms with Gasteiger partial charge in [-0.15, -0.1) is 0 Å². The van der Waals surface area contributed by atoms with Gasteiger partial charge < -0.3 is 20.3 Å². The Balaban J connectivity index is 1.73. The normalized spacial score (nSPS) is 23.5. The molecule has 5 heteroatoms. The third-order valence-electron chi connectivity index (χ3n) is 5.89. The number of nitrogens with zero attached hydrogens (tertiary/aromatic N) is 2. The van der Waals surface area contributed by atoms with Crippen LogP contribution in [-0.2, 0) is 4.74 Å². The molecule has 2 fully saturated rings. The first-order valence-electron chi connectivity index (χ1n) is 10.2. The van der Waals surface area contributed by atoms with Gasteiger partial charge >= 0.3 is 0 Å². The Morgan fingerprint density at radius 1 is 1.12 bits per heavy atom. The molecule has 1 aliphatic carbocycles. The molecule has 1 aliphatic heterocycles. The minimum atomic E-state index is 0.117. The van der Waals surface area contributed by atoms with E-state index in [2.05, 4.69) is 41.3 Å². The van der Waals surface area contributed by atoms with Crippen molar-refractivity contribution in [3.8, 4) is 0 Å². The maximum atomic E-state index is 5.63. The number of guanidine groups is 1. The fourth-order valence-electron chi connectivity index (χ4n) is 4.18. The summed E-state index contributed by atoms with van der Waals surface area (Å²) >= 11 is 0. The van der Waals surface area contributed by atoms with Gasteiger partial charge in [0.2, 0.25) is 0 Å². The summed E-state index contributed by atoms with van der Waals surface area (Å²) in [5.74, 6) is 0.905. The summed E-state index contributed by atoms with van der Waals surface area (Å²) in [7, 11) is 3.64. The lowest BCUT2D eigenvalue weighted by Gasteiger charge is -2.39. The van der Waals surface area contributed by atoms with Gasteiger partial charge in [0, 0.05) is 45.9 Å². The molecule has 2 aliphatic rings. The molecule has 1 saturated heterocycles. The zero-order valence-electron chi connectivity index (χ0n) is 17.1. The Kier molecular flexibility index (Phi) is 8.01. The molecule has 2 N–H and O–H groups in total. The summed E-state index contributed by atoms with van der Waals surface area (Å²) < 4.78 is 5.63. The van der Waals surface area contributed by atoms with Gasteiger partial charge in [-0.2, -0.15) is 0 Å². The molecule has 1 saturated carbocycles. The average Bonchev–Trinajstić information content (AvgIpc) is 2.61. The Hall–Kier alpha value is -0.810. The number of likely N-dealkylation sites (tertiary alicyclic amines) is 1. The Morgan fingerprint density at radius 2 is 1.76 bits per heavy atom. The number of ether oxygens (including phenoxy) is 1. The van der Waals surface area contributed by atoms with Crippen LogP contribution in [0.1, 0.15) is 65.7 Å². The molecule has 2 rings (SSSR count). The highest BCUT2D eigenvalue weighted by Gasteiger charge is 2.27. The van der Waals surface area contributed by atoms with Crippen LogP contribution in [-0.4, -0.2) is 62.8 Å². The Labute approximate surface area is 155 Å². The van der Waals surface area contributed by atoms with E-state index in [4.69, 9.17) is 4.74 Å². The largest absolute Gasteiger partial charge is 0.379 e. The molecule has 0 spiro atoms. The van der Waals surface area contributed by atoms with Crippen LogP contribution in [0.4, 0.5) is 0 Å². The van der Waals surface area contributed by atoms with Crippen molar-refractivity contribution in [2.45, 2.75) is 83.9 Å². The molecule has 0 bridgehead atoms. The van der Waals surface area contributed by atoms with Gasteiger partial charge in [0.25, 0.3) is 0 Å². The summed E-state index contributed by atoms with van der Waals surface area (Å²) in [6, 6.07) is 1.38. The van der Waals surface area contributed by atoms with Crippen molar-refractivity contribution in [2.75, 3.05) is 33.8 Å². The zero-order chi connectivity index (χ0) is 18.3. The highest BCUT2D eigenvalue weighted by atomic mass is 16.5. The first-order valence-corrected chi connectivity index (χ1v) is 10.2. The smallest absolute Gasteiger partial charge is 0.191 e. The lowest BCUT2D eigenvalue weighted by atomic mass is 9.89. The van der Waals surface area contributed by atoms with Gasteiger partial charge in [-0.05, 0) is 31.1 Å². The molecule has 5 nitrogen and oxygen atoms in total. The quantitative estimate of drug-likeness (QED) is 0.590. The van der Waals surface area contributed by atoms with Gasteiger partial charge in [0.1, 0.15) is 0 Å². The van der Waals surface area contributed by atoms with Crippen molar-refractivity contribution in [1.29, 1.82) is 0 Å². The van der Waals surface area contributed by atoms with Crippen molar-refractivity contribution >= 4 is 5.96 Å². The highest BCUT2D eigenvalue weighted by Crippen LogP contribution is 2.25. The Morgan fingerprint density at radius 3 is 2.28 bits per heavy atom. The standard InChI is InChI=1S/C20H40N4O/c1-20(2,3)18(25-5)15-22-19(21-4)23-16-11-13-24(14-12-16)17-9-7-6-8-10-17/h16-18H,6-15H2,1-5H3,(H2,21,22,23). The number of hydrogen-bond acceptors (Lipinski definition) is 3. The van der Waals surface area contributed by atoms with Gasteiger partial charge in [0.05, 0.1) is 6.10 Å². The van der Waals surface area contributed by atoms with Crippen molar-refractivity contribution in [3.05, 3.63) is 0 Å². The van der Waals surface area contributed by atoms with Crippen molar-refractivity contribution in [2.24, 2.45) is 10.4 Å². The van der Waals surface area contributed by atoms with Crippen LogP contribution in [0, 0.1) is 5.41 Å². The summed E-state index contributed by atoms with van der Waals surface area (Å²) in [5, 5.41) is 7.07. The fourth-order valence-corrected chi connectivity index (χ4v) is 4.18. The molecule has 146 valence electrons. The molecule has 25 heavy (non-hydrogen) atoms. The minimum absolute atomic E-state index is 0.117. The SMILES string of the molecule is CN=C(NCC(OC)C(C)(C)C)NC1CCN(C2CCCCC2)CC1. The van der Waals surface area contributed by atoms with Crippen LogP contribution >= 0.6 is 0 Å². The molecule has 0 aromatic rings. The molecular formula is C20H40N4O. The van der Waals surface area contributed by atoms with E-state index in [1.54, 1.807) is 7.11 Å². The van der Waals surface area contributed by atoms with Crippen LogP contribution in [0.5, 0.6) is 0 Å². The van der Waals surface area contributed by atoms with E-state index in [9.17, 15) is 0 Å². The van der Waals surface area contributed by atoms with Crippen molar-refractivity contribution in [3.63, 3.8) is 0 Å². The minimum Gasteiger partial charge on any atom is -0.379 e. The third-order valence-corrected chi connectivity index (χ3v) is 5.89. The van der Waals surface area contributed by atoms with Crippen molar-refractivity contribution in [1.82, 2.24) is 15.5 Å². The number of aliphatic imine (C=N–C) groups is 1. The van der Waals surface area contributed by atoms with Crippen LogP contribution in [0.25, 0.3) is 0 Å². The van der Waals surface area contributed by atoms with E-state index in [0.29, 0.717) is 6.04 Å². The van der Waals surface area contributed by atoms with E-state index in [-0.39, 0.29) is 11.5 Å². The maximum absolute atomic E-state index is 5.63. The second kappa shape index (κ2) is 9.77. The van der Waals surface area contributed by atoms with Crippen LogP contribution in [0.15, 0.2) is 4.99 Å². The van der Waals surface area contributed by atoms with Crippen LogP contribution < -0.4 is 10.6 Å². The van der Waals surface area contributed by atoms with Crippen molar-refractivity contribution < 1.29 is 4.74 Å². The molecule has 1 heterocycles. The van der Waals surface area contributed by atoms with E-state index in [1.165, 1.54) is 58.0 Å². The zero-order valence-corrected chi connectivity index (χ0v) is 17.1. The van der Waals surface area contributed by atoms with E-state index in [0.717, 1.165) is 18.5 Å². The first-order chi connectivity index (χ1) is 11.9. The number of hydrogen-bond donors (Lipinski definition) is 2. The van der Waals surface area contributed by atoms with Crippen LogP contribution in [0.3, 0.4) is 0 Å². The molecule has 0 aromatic heterocycles. The molecule has 1 atom stereocenters. The van der Waals surface area contributed by atoms with Gasteiger partial charge in [-0.25, -0.2) is 0 Å².